The van der Waals surface area contributed by atoms with Crippen LogP contribution in [-0.2, 0) is 9.47 Å². The number of nitrogens with zero attached hydrogens (tertiary/aromatic N) is 2. The van der Waals surface area contributed by atoms with E-state index < -0.39 is 11.9 Å². The third-order valence-corrected chi connectivity index (χ3v) is 4.97. The van der Waals surface area contributed by atoms with Gasteiger partial charge in [-0.15, -0.1) is 11.8 Å². The third kappa shape index (κ3) is 2.02. The molecule has 1 aromatic carbocycles. The zero-order valence-electron chi connectivity index (χ0n) is 13.8. The molecular weight excluding hydrogens is 340 g/mol. The lowest BCUT2D eigenvalue weighted by molar-refractivity contribution is 0.0559. The van der Waals surface area contributed by atoms with Crippen molar-refractivity contribution in [2.45, 2.75) is 5.03 Å². The first-order chi connectivity index (χ1) is 12.1. The number of methoxy groups -OCH3 is 2. The lowest BCUT2D eigenvalue weighted by Crippen LogP contribution is -2.10. The number of ether oxygens (including phenoxy) is 2. The van der Waals surface area contributed by atoms with Crippen molar-refractivity contribution in [1.82, 2.24) is 9.38 Å². The molecule has 0 bridgehead atoms. The number of hydrogen-bond acceptors (Lipinski definition) is 6. The zero-order valence-corrected chi connectivity index (χ0v) is 14.6. The molecule has 126 valence electrons. The number of carbonyl (C=O) groups is 2. The van der Waals surface area contributed by atoms with Gasteiger partial charge in [-0.2, -0.15) is 0 Å². The van der Waals surface area contributed by atoms with E-state index in [1.54, 1.807) is 0 Å². The molecular formula is C18H14N2O4S. The summed E-state index contributed by atoms with van der Waals surface area (Å²) in [5.41, 5.74) is 2.27. The molecule has 0 unspecified atom stereocenters. The van der Waals surface area contributed by atoms with E-state index >= 15 is 0 Å². The highest BCUT2D eigenvalue weighted by Gasteiger charge is 2.32. The van der Waals surface area contributed by atoms with Crippen LogP contribution in [0.1, 0.15) is 20.7 Å². The second kappa shape index (κ2) is 5.63. The van der Waals surface area contributed by atoms with E-state index in [1.807, 2.05) is 41.0 Å². The van der Waals surface area contributed by atoms with Gasteiger partial charge in [-0.25, -0.2) is 14.6 Å². The van der Waals surface area contributed by atoms with Crippen LogP contribution in [0.25, 0.3) is 27.5 Å². The quantitative estimate of drug-likeness (QED) is 0.415. The number of pyridine rings is 1. The van der Waals surface area contributed by atoms with Gasteiger partial charge in [0.05, 0.1) is 25.3 Å². The summed E-state index contributed by atoms with van der Waals surface area (Å²) in [6.45, 7) is 0. The van der Waals surface area contributed by atoms with Crippen LogP contribution in [0.2, 0.25) is 0 Å². The molecule has 0 aliphatic heterocycles. The predicted octanol–water partition coefficient (Wildman–Crippen LogP) is 3.37. The number of rotatable bonds is 3. The summed E-state index contributed by atoms with van der Waals surface area (Å²) < 4.78 is 11.7. The van der Waals surface area contributed by atoms with Gasteiger partial charge in [0.15, 0.2) is 0 Å². The fourth-order valence-corrected chi connectivity index (χ4v) is 3.82. The Morgan fingerprint density at radius 3 is 2.44 bits per heavy atom. The van der Waals surface area contributed by atoms with Crippen molar-refractivity contribution < 1.29 is 19.1 Å². The maximum atomic E-state index is 12.5. The maximum Gasteiger partial charge on any atom is 0.341 e. The number of fused-ring (bicyclic) bond motifs is 2. The molecule has 0 fully saturated rings. The fraction of sp³-hybridized carbons (Fsp3) is 0.167. The molecule has 4 aromatic rings. The van der Waals surface area contributed by atoms with Gasteiger partial charge >= 0.3 is 11.9 Å². The largest absolute Gasteiger partial charge is 0.465 e. The van der Waals surface area contributed by atoms with Crippen molar-refractivity contribution in [3.63, 3.8) is 0 Å². The van der Waals surface area contributed by atoms with E-state index in [1.165, 1.54) is 26.0 Å². The number of hydrogen-bond donors (Lipinski definition) is 0. The van der Waals surface area contributed by atoms with Gasteiger partial charge in [-0.1, -0.05) is 24.3 Å². The van der Waals surface area contributed by atoms with Crippen LogP contribution in [0.4, 0.5) is 0 Å². The van der Waals surface area contributed by atoms with Crippen molar-refractivity contribution in [3.05, 3.63) is 41.5 Å². The summed E-state index contributed by atoms with van der Waals surface area (Å²) in [7, 11) is 2.59. The fourth-order valence-electron chi connectivity index (χ4n) is 3.26. The summed E-state index contributed by atoms with van der Waals surface area (Å²) in [5.74, 6) is -1.16. The number of carbonyl (C=O) groups excluding carboxylic acids is 2. The van der Waals surface area contributed by atoms with Crippen LogP contribution in [0.15, 0.2) is 35.4 Å². The van der Waals surface area contributed by atoms with E-state index in [0.717, 1.165) is 10.8 Å². The molecule has 0 amide bonds. The molecule has 3 heterocycles. The molecule has 7 heteroatoms. The van der Waals surface area contributed by atoms with Crippen molar-refractivity contribution in [2.75, 3.05) is 20.5 Å². The highest BCUT2D eigenvalue weighted by atomic mass is 32.2. The number of benzene rings is 1. The molecule has 4 rings (SSSR count). The topological polar surface area (TPSA) is 69.9 Å². The molecule has 0 atom stereocenters. The first-order valence-corrected chi connectivity index (χ1v) is 8.74. The molecule has 0 aliphatic carbocycles. The SMILES string of the molecule is COC(=O)c1c(C(=O)OC)c2c(SC)nc3c4ccccc4cc1n23. The van der Waals surface area contributed by atoms with E-state index in [2.05, 4.69) is 4.98 Å². The number of imidazole rings is 1. The second-order valence-corrected chi connectivity index (χ2v) is 6.27. The molecule has 0 saturated heterocycles. The van der Waals surface area contributed by atoms with Gasteiger partial charge < -0.3 is 9.47 Å². The Hall–Kier alpha value is -2.80. The summed E-state index contributed by atoms with van der Waals surface area (Å²) in [4.78, 5) is 29.6. The van der Waals surface area contributed by atoms with Crippen LogP contribution in [0.5, 0.6) is 0 Å². The van der Waals surface area contributed by atoms with Crippen molar-refractivity contribution >= 4 is 51.2 Å². The molecule has 0 aliphatic rings. The Morgan fingerprint density at radius 1 is 1.08 bits per heavy atom. The minimum atomic E-state index is -0.585. The predicted molar refractivity (Wildman–Crippen MR) is 95.9 cm³/mol. The first kappa shape index (κ1) is 15.7. The smallest absolute Gasteiger partial charge is 0.341 e. The van der Waals surface area contributed by atoms with Crippen molar-refractivity contribution in [1.29, 1.82) is 0 Å². The van der Waals surface area contributed by atoms with Crippen LogP contribution in [-0.4, -0.2) is 41.8 Å². The van der Waals surface area contributed by atoms with Crippen LogP contribution < -0.4 is 0 Å². The maximum absolute atomic E-state index is 12.5. The van der Waals surface area contributed by atoms with Crippen LogP contribution in [0, 0.1) is 0 Å². The van der Waals surface area contributed by atoms with Crippen molar-refractivity contribution in [2.24, 2.45) is 0 Å². The molecule has 6 nitrogen and oxygen atoms in total. The van der Waals surface area contributed by atoms with Gasteiger partial charge in [0.2, 0.25) is 0 Å². The normalized spacial score (nSPS) is 11.5. The Labute approximate surface area is 147 Å². The molecule has 0 saturated carbocycles. The van der Waals surface area contributed by atoms with E-state index in [4.69, 9.17) is 9.47 Å². The Bertz CT molecular complexity index is 1150. The van der Waals surface area contributed by atoms with Gasteiger partial charge in [-0.3, -0.25) is 4.40 Å². The minimum Gasteiger partial charge on any atom is -0.465 e. The lowest BCUT2D eigenvalue weighted by atomic mass is 10.1. The number of thioether (sulfide) groups is 1. The zero-order chi connectivity index (χ0) is 17.7. The molecule has 0 N–H and O–H groups in total. The Morgan fingerprint density at radius 2 is 1.76 bits per heavy atom. The monoisotopic (exact) mass is 354 g/mol. The summed E-state index contributed by atoms with van der Waals surface area (Å²) in [5, 5.41) is 2.54. The summed E-state index contributed by atoms with van der Waals surface area (Å²) >= 11 is 1.41. The standard InChI is InChI=1S/C18H14N2O4S/c1-23-17(21)12-11-8-9-6-4-5-7-10(9)15-19-16(25-3)14(20(11)15)13(12)18(22)24-2/h4-8H,1-3H3. The highest BCUT2D eigenvalue weighted by Crippen LogP contribution is 2.38. The minimum absolute atomic E-state index is 0.191. The second-order valence-electron chi connectivity index (χ2n) is 5.48. The van der Waals surface area contributed by atoms with E-state index in [9.17, 15) is 9.59 Å². The van der Waals surface area contributed by atoms with Crippen LogP contribution >= 0.6 is 11.8 Å². The van der Waals surface area contributed by atoms with Gasteiger partial charge in [0.1, 0.15) is 21.8 Å². The van der Waals surface area contributed by atoms with Crippen molar-refractivity contribution in [3.8, 4) is 0 Å². The molecule has 3 aromatic heterocycles. The van der Waals surface area contributed by atoms with Gasteiger partial charge in [0, 0.05) is 5.39 Å². The number of esters is 2. The molecule has 0 spiro atoms. The average molecular weight is 354 g/mol. The van der Waals surface area contributed by atoms with Gasteiger partial charge in [0.25, 0.3) is 0 Å². The first-order valence-electron chi connectivity index (χ1n) is 7.52. The lowest BCUT2D eigenvalue weighted by Gasteiger charge is -2.04. The van der Waals surface area contributed by atoms with E-state index in [0.29, 0.717) is 21.7 Å². The highest BCUT2D eigenvalue weighted by molar-refractivity contribution is 7.98. The van der Waals surface area contributed by atoms with E-state index in [-0.39, 0.29) is 11.1 Å². The van der Waals surface area contributed by atoms with Gasteiger partial charge in [-0.05, 0) is 17.7 Å². The average Bonchev–Trinajstić information content (AvgIpc) is 3.19. The Balaban J connectivity index is 2.31. The van der Waals surface area contributed by atoms with Crippen LogP contribution in [0.3, 0.4) is 0 Å². The molecule has 0 radical (unpaired) electrons. The molecule has 25 heavy (non-hydrogen) atoms. The summed E-state index contributed by atoms with van der Waals surface area (Å²) in [6.07, 6.45) is 1.88. The third-order valence-electron chi connectivity index (χ3n) is 4.30. The Kier molecular flexibility index (Phi) is 3.54. The summed E-state index contributed by atoms with van der Waals surface area (Å²) in [6, 6.07) is 9.64. The number of aromatic nitrogens is 2.